The third kappa shape index (κ3) is 4.33. The molecule has 1 heterocycles. The number of ether oxygens (including phenoxy) is 2. The van der Waals surface area contributed by atoms with Crippen LogP contribution in [0.1, 0.15) is 53.1 Å². The van der Waals surface area contributed by atoms with Gasteiger partial charge in [-0.3, -0.25) is 9.69 Å². The maximum Gasteiger partial charge on any atom is 0.410 e. The van der Waals surface area contributed by atoms with Crippen molar-refractivity contribution in [3.63, 3.8) is 0 Å². The zero-order chi connectivity index (χ0) is 18.8. The average Bonchev–Trinajstić information content (AvgIpc) is 2.78. The Morgan fingerprint density at radius 3 is 2.32 bits per heavy atom. The van der Waals surface area contributed by atoms with Gasteiger partial charge in [-0.05, 0) is 38.7 Å². The normalized spacial score (nSPS) is 22.6. The minimum absolute atomic E-state index is 0.271. The highest BCUT2D eigenvalue weighted by molar-refractivity contribution is 5.78. The largest absolute Gasteiger partial charge is 0.466 e. The molecule has 0 spiro atoms. The summed E-state index contributed by atoms with van der Waals surface area (Å²) in [7, 11) is 0. The lowest BCUT2D eigenvalue weighted by Gasteiger charge is -2.30. The molecule has 0 aliphatic carbocycles. The predicted molar refractivity (Wildman–Crippen MR) is 96.0 cm³/mol. The fourth-order valence-electron chi connectivity index (χ4n) is 3.44. The maximum absolute atomic E-state index is 12.8. The summed E-state index contributed by atoms with van der Waals surface area (Å²) in [6, 6.07) is 9.23. The monoisotopic (exact) mass is 347 g/mol. The van der Waals surface area contributed by atoms with Gasteiger partial charge in [0.25, 0.3) is 0 Å². The van der Waals surface area contributed by atoms with Gasteiger partial charge in [-0.15, -0.1) is 0 Å². The van der Waals surface area contributed by atoms with Crippen LogP contribution in [0.2, 0.25) is 0 Å². The zero-order valence-electron chi connectivity index (χ0n) is 16.0. The van der Waals surface area contributed by atoms with Crippen molar-refractivity contribution in [1.82, 2.24) is 4.90 Å². The molecular formula is C20H29NO4. The van der Waals surface area contributed by atoms with E-state index in [1.165, 1.54) is 0 Å². The minimum atomic E-state index is -0.593. The van der Waals surface area contributed by atoms with Crippen LogP contribution in [-0.4, -0.2) is 35.7 Å². The van der Waals surface area contributed by atoms with Gasteiger partial charge in [0.05, 0.1) is 18.6 Å². The number of rotatable bonds is 3. The van der Waals surface area contributed by atoms with Crippen molar-refractivity contribution < 1.29 is 19.1 Å². The van der Waals surface area contributed by atoms with Crippen molar-refractivity contribution in [2.45, 2.75) is 53.2 Å². The van der Waals surface area contributed by atoms with Gasteiger partial charge in [-0.2, -0.15) is 0 Å². The predicted octanol–water partition coefficient (Wildman–Crippen LogP) is 4.18. The minimum Gasteiger partial charge on any atom is -0.466 e. The highest BCUT2D eigenvalue weighted by atomic mass is 16.6. The second kappa shape index (κ2) is 7.06. The van der Waals surface area contributed by atoms with Gasteiger partial charge in [0.15, 0.2) is 0 Å². The molecule has 5 nitrogen and oxygen atoms in total. The molecule has 1 aromatic rings. The number of carbonyl (C=O) groups is 2. The Hall–Kier alpha value is -2.04. The fourth-order valence-corrected chi connectivity index (χ4v) is 3.44. The first kappa shape index (κ1) is 19.3. The van der Waals surface area contributed by atoms with Crippen LogP contribution in [-0.2, 0) is 14.3 Å². The molecule has 0 unspecified atom stereocenters. The van der Waals surface area contributed by atoms with E-state index >= 15 is 0 Å². The zero-order valence-corrected chi connectivity index (χ0v) is 16.0. The first-order valence-electron chi connectivity index (χ1n) is 8.78. The van der Waals surface area contributed by atoms with Crippen LogP contribution in [0, 0.1) is 11.3 Å². The number of amides is 1. The second-order valence-corrected chi connectivity index (χ2v) is 8.18. The molecule has 138 valence electrons. The highest BCUT2D eigenvalue weighted by Crippen LogP contribution is 2.49. The van der Waals surface area contributed by atoms with Crippen LogP contribution in [0.25, 0.3) is 0 Å². The number of hydrogen-bond donors (Lipinski definition) is 0. The Kier molecular flexibility index (Phi) is 5.45. The summed E-state index contributed by atoms with van der Waals surface area (Å²) in [5.74, 6) is -0.713. The molecule has 1 aliphatic rings. The number of hydrogen-bond acceptors (Lipinski definition) is 4. The standard InChI is InChI=1S/C20H29NO4/c1-7-24-17(22)15-16(14-11-9-8-10-12-14)21(13-20(15,5)6)18(23)25-19(2,3)4/h8-12,15-16H,7,13H2,1-6H3/t15-,16+/m0/s1. The smallest absolute Gasteiger partial charge is 0.410 e. The van der Waals surface area contributed by atoms with E-state index < -0.39 is 29.1 Å². The van der Waals surface area contributed by atoms with Gasteiger partial charge in [-0.25, -0.2) is 4.79 Å². The molecule has 2 atom stereocenters. The fraction of sp³-hybridized carbons (Fsp3) is 0.600. The van der Waals surface area contributed by atoms with Gasteiger partial charge in [0, 0.05) is 6.54 Å². The Morgan fingerprint density at radius 1 is 1.20 bits per heavy atom. The van der Waals surface area contributed by atoms with Crippen LogP contribution >= 0.6 is 0 Å². The molecule has 1 aromatic carbocycles. The molecule has 5 heteroatoms. The van der Waals surface area contributed by atoms with E-state index in [2.05, 4.69) is 0 Å². The van der Waals surface area contributed by atoms with E-state index in [9.17, 15) is 9.59 Å². The molecule has 1 saturated heterocycles. The number of benzene rings is 1. The SMILES string of the molecule is CCOC(=O)[C@@H]1[C@@H](c2ccccc2)N(C(=O)OC(C)(C)C)CC1(C)C. The Balaban J connectivity index is 2.44. The topological polar surface area (TPSA) is 55.8 Å². The third-order valence-corrected chi connectivity index (χ3v) is 4.38. The van der Waals surface area contributed by atoms with Crippen molar-refractivity contribution >= 4 is 12.1 Å². The lowest BCUT2D eigenvalue weighted by molar-refractivity contribution is -0.151. The summed E-state index contributed by atoms with van der Waals surface area (Å²) < 4.78 is 10.9. The van der Waals surface area contributed by atoms with Gasteiger partial charge in [-0.1, -0.05) is 44.2 Å². The molecule has 0 saturated carbocycles. The van der Waals surface area contributed by atoms with E-state index in [0.29, 0.717) is 13.2 Å². The van der Waals surface area contributed by atoms with E-state index in [4.69, 9.17) is 9.47 Å². The lowest BCUT2D eigenvalue weighted by atomic mass is 9.77. The van der Waals surface area contributed by atoms with Gasteiger partial charge in [0.1, 0.15) is 5.60 Å². The van der Waals surface area contributed by atoms with Crippen LogP contribution in [0.5, 0.6) is 0 Å². The van der Waals surface area contributed by atoms with Crippen molar-refractivity contribution in [1.29, 1.82) is 0 Å². The molecular weight excluding hydrogens is 318 g/mol. The molecule has 0 radical (unpaired) electrons. The Labute approximate surface area is 150 Å². The summed E-state index contributed by atoms with van der Waals surface area (Å²) in [6.45, 7) is 12.1. The quantitative estimate of drug-likeness (QED) is 0.770. The Bertz CT molecular complexity index is 618. The second-order valence-electron chi connectivity index (χ2n) is 8.18. The van der Waals surface area contributed by atoms with E-state index in [1.54, 1.807) is 11.8 Å². The number of esters is 1. The summed E-state index contributed by atoms with van der Waals surface area (Å²) in [6.07, 6.45) is -0.402. The van der Waals surface area contributed by atoms with Gasteiger partial charge >= 0.3 is 12.1 Å². The molecule has 2 rings (SSSR count). The summed E-state index contributed by atoms with van der Waals surface area (Å²) in [4.78, 5) is 27.2. The molecule has 1 amide bonds. The molecule has 0 bridgehead atoms. The molecule has 0 aromatic heterocycles. The Morgan fingerprint density at radius 2 is 1.80 bits per heavy atom. The molecule has 25 heavy (non-hydrogen) atoms. The van der Waals surface area contributed by atoms with Crippen LogP contribution in [0.3, 0.4) is 0 Å². The van der Waals surface area contributed by atoms with E-state index in [-0.39, 0.29) is 5.97 Å². The third-order valence-electron chi connectivity index (χ3n) is 4.38. The number of likely N-dealkylation sites (tertiary alicyclic amines) is 1. The van der Waals surface area contributed by atoms with Crippen molar-refractivity contribution in [3.05, 3.63) is 35.9 Å². The van der Waals surface area contributed by atoms with E-state index in [0.717, 1.165) is 5.56 Å². The van der Waals surface area contributed by atoms with Crippen molar-refractivity contribution in [3.8, 4) is 0 Å². The first-order chi connectivity index (χ1) is 11.6. The molecule has 1 aliphatic heterocycles. The number of nitrogens with zero attached hydrogens (tertiary/aromatic N) is 1. The highest BCUT2D eigenvalue weighted by Gasteiger charge is 2.54. The molecule has 0 N–H and O–H groups in total. The first-order valence-corrected chi connectivity index (χ1v) is 8.78. The summed E-state index contributed by atoms with van der Waals surface area (Å²) >= 11 is 0. The van der Waals surface area contributed by atoms with Crippen molar-refractivity contribution in [2.75, 3.05) is 13.2 Å². The summed E-state index contributed by atoms with van der Waals surface area (Å²) in [5, 5.41) is 0. The lowest BCUT2D eigenvalue weighted by Crippen LogP contribution is -2.38. The molecule has 1 fully saturated rings. The van der Waals surface area contributed by atoms with Gasteiger partial charge < -0.3 is 9.47 Å². The van der Waals surface area contributed by atoms with Crippen LogP contribution in [0.15, 0.2) is 30.3 Å². The average molecular weight is 347 g/mol. The summed E-state index contributed by atoms with van der Waals surface area (Å²) in [5.41, 5.74) is -0.0919. The van der Waals surface area contributed by atoms with Crippen LogP contribution in [0.4, 0.5) is 4.79 Å². The number of carbonyl (C=O) groups excluding carboxylic acids is 2. The maximum atomic E-state index is 12.8. The van der Waals surface area contributed by atoms with Crippen LogP contribution < -0.4 is 0 Å². The van der Waals surface area contributed by atoms with Crippen molar-refractivity contribution in [2.24, 2.45) is 11.3 Å². The van der Waals surface area contributed by atoms with Gasteiger partial charge in [0.2, 0.25) is 0 Å². The van der Waals surface area contributed by atoms with E-state index in [1.807, 2.05) is 65.0 Å².